The Morgan fingerprint density at radius 1 is 1.00 bits per heavy atom. The topological polar surface area (TPSA) is 138 Å². The lowest BCUT2D eigenvalue weighted by Crippen LogP contribution is -2.51. The van der Waals surface area contributed by atoms with Crippen molar-refractivity contribution in [3.8, 4) is 22.8 Å². The Hall–Kier alpha value is -4.53. The van der Waals surface area contributed by atoms with E-state index < -0.39 is 35.3 Å². The highest BCUT2D eigenvalue weighted by Crippen LogP contribution is 2.47. The summed E-state index contributed by atoms with van der Waals surface area (Å²) in [7, 11) is 1.61. The van der Waals surface area contributed by atoms with Crippen LogP contribution >= 0.6 is 0 Å². The highest BCUT2D eigenvalue weighted by Gasteiger charge is 2.60. The molecule has 0 saturated heterocycles. The van der Waals surface area contributed by atoms with Crippen LogP contribution in [0.1, 0.15) is 85.0 Å². The Morgan fingerprint density at radius 3 is 2.49 bits per heavy atom. The highest BCUT2D eigenvalue weighted by atomic mass is 16.5. The molecule has 1 aromatic heterocycles. The van der Waals surface area contributed by atoms with Gasteiger partial charge in [-0.2, -0.15) is 0 Å². The summed E-state index contributed by atoms with van der Waals surface area (Å²) in [6.07, 6.45) is 9.29. The van der Waals surface area contributed by atoms with E-state index >= 15 is 0 Å². The van der Waals surface area contributed by atoms with Gasteiger partial charge in [0.1, 0.15) is 34.7 Å². The molecule has 3 aliphatic rings. The number of pyridine rings is 1. The van der Waals surface area contributed by atoms with Gasteiger partial charge in [-0.1, -0.05) is 76.1 Å². The zero-order valence-corrected chi connectivity index (χ0v) is 30.3. The number of aromatic nitrogens is 1. The van der Waals surface area contributed by atoms with Gasteiger partial charge in [0.25, 0.3) is 0 Å². The molecule has 0 radical (unpaired) electrons. The van der Waals surface area contributed by atoms with Crippen molar-refractivity contribution in [3.63, 3.8) is 0 Å². The number of hydrogen-bond acceptors (Lipinski definition) is 7. The van der Waals surface area contributed by atoms with Crippen LogP contribution in [-0.4, -0.2) is 47.1 Å². The van der Waals surface area contributed by atoms with Gasteiger partial charge in [0.15, 0.2) is 0 Å². The Bertz CT molecular complexity index is 1810. The number of ether oxygens (including phenoxy) is 2. The van der Waals surface area contributed by atoms with Crippen LogP contribution in [0.3, 0.4) is 0 Å². The molecule has 3 aromatic rings. The van der Waals surface area contributed by atoms with Crippen LogP contribution in [0.2, 0.25) is 0 Å². The third kappa shape index (κ3) is 8.35. The second kappa shape index (κ2) is 15.0. The zero-order valence-electron chi connectivity index (χ0n) is 30.3. The molecule has 3 N–H and O–H groups in total. The number of hydrogen-bond donors (Lipinski definition) is 2. The number of rotatable bonds is 8. The summed E-state index contributed by atoms with van der Waals surface area (Å²) in [6, 6.07) is 17.4. The molecule has 6 rings (SSSR count). The molecule has 9 nitrogen and oxygen atoms in total. The number of fused-ring (bicyclic) bond motifs is 3. The van der Waals surface area contributed by atoms with Gasteiger partial charge >= 0.3 is 0 Å². The van der Waals surface area contributed by atoms with E-state index in [1.165, 1.54) is 0 Å². The van der Waals surface area contributed by atoms with Crippen molar-refractivity contribution >= 4 is 34.3 Å². The second-order valence-corrected chi connectivity index (χ2v) is 16.0. The van der Waals surface area contributed by atoms with Crippen LogP contribution in [0.15, 0.2) is 66.7 Å². The van der Waals surface area contributed by atoms with Crippen LogP contribution in [0.25, 0.3) is 22.2 Å². The maximum atomic E-state index is 14.6. The van der Waals surface area contributed by atoms with Crippen molar-refractivity contribution in [2.24, 2.45) is 34.8 Å². The van der Waals surface area contributed by atoms with E-state index in [0.717, 1.165) is 42.3 Å². The Balaban J connectivity index is 1.34. The van der Waals surface area contributed by atoms with Gasteiger partial charge in [-0.15, -0.1) is 0 Å². The van der Waals surface area contributed by atoms with Crippen molar-refractivity contribution in [2.45, 2.75) is 96.6 Å². The normalized spacial score (nSPS) is 27.6. The number of benzene rings is 2. The monoisotopic (exact) mass is 693 g/mol. The zero-order chi connectivity index (χ0) is 36.3. The van der Waals surface area contributed by atoms with Gasteiger partial charge < -0.3 is 20.5 Å². The summed E-state index contributed by atoms with van der Waals surface area (Å²) in [5.41, 5.74) is 6.88. The van der Waals surface area contributed by atoms with Crippen LogP contribution in [-0.2, 0) is 19.2 Å². The van der Waals surface area contributed by atoms with E-state index in [1.54, 1.807) is 7.11 Å². The summed E-state index contributed by atoms with van der Waals surface area (Å²) >= 11 is 0. The lowest BCUT2D eigenvalue weighted by atomic mass is 9.78. The predicted octanol–water partition coefficient (Wildman–Crippen LogP) is 7.15. The maximum Gasteiger partial charge on any atom is 0.243 e. The molecule has 1 unspecified atom stereocenters. The summed E-state index contributed by atoms with van der Waals surface area (Å²) < 4.78 is 12.3. The average Bonchev–Trinajstić information content (AvgIpc) is 3.63. The van der Waals surface area contributed by atoms with Crippen molar-refractivity contribution in [3.05, 3.63) is 66.7 Å². The predicted molar refractivity (Wildman–Crippen MR) is 197 cm³/mol. The highest BCUT2D eigenvalue weighted by molar-refractivity contribution is 5.98. The Labute approximate surface area is 300 Å². The SMILES string of the molecule is COc1ccc2c(O[C@H]3CC4C(=O)[C@@H](CC(=O)CC(C)(C)C)CCCCC/C=C\[C@@H]5C[C@@]5(C(N)=O)NC(=O)[C@@H]4C3)cc(-c3ccccc3)nc2c1. The van der Waals surface area contributed by atoms with Crippen molar-refractivity contribution in [2.75, 3.05) is 7.11 Å². The Kier molecular flexibility index (Phi) is 10.7. The molecule has 51 heavy (non-hydrogen) atoms. The van der Waals surface area contributed by atoms with Crippen LogP contribution in [0, 0.1) is 29.1 Å². The number of carbonyl (C=O) groups is 4. The first-order valence-electron chi connectivity index (χ1n) is 18.4. The number of nitrogens with two attached hydrogens (primary N) is 1. The van der Waals surface area contributed by atoms with E-state index in [1.807, 2.05) is 81.4 Å². The first-order valence-corrected chi connectivity index (χ1v) is 18.4. The molecular weight excluding hydrogens is 642 g/mol. The molecule has 270 valence electrons. The number of allylic oxidation sites excluding steroid dienone is 1. The molecule has 1 aliphatic heterocycles. The van der Waals surface area contributed by atoms with E-state index in [4.69, 9.17) is 20.2 Å². The fourth-order valence-corrected chi connectivity index (χ4v) is 8.03. The summed E-state index contributed by atoms with van der Waals surface area (Å²) in [6.45, 7) is 6.08. The third-order valence-corrected chi connectivity index (χ3v) is 10.8. The van der Waals surface area contributed by atoms with Gasteiger partial charge in [-0.3, -0.25) is 19.2 Å². The van der Waals surface area contributed by atoms with Gasteiger partial charge in [0.05, 0.1) is 24.2 Å². The van der Waals surface area contributed by atoms with Crippen molar-refractivity contribution in [1.29, 1.82) is 0 Å². The second-order valence-electron chi connectivity index (χ2n) is 16.0. The molecule has 6 atom stereocenters. The van der Waals surface area contributed by atoms with Crippen molar-refractivity contribution < 1.29 is 28.7 Å². The molecule has 0 bridgehead atoms. The number of nitrogens with zero attached hydrogens (tertiary/aromatic N) is 1. The minimum absolute atomic E-state index is 0.0636. The molecule has 2 amide bonds. The van der Waals surface area contributed by atoms with Crippen LogP contribution < -0.4 is 20.5 Å². The molecule has 2 fully saturated rings. The first-order chi connectivity index (χ1) is 24.4. The quantitative estimate of drug-likeness (QED) is 0.239. The lowest BCUT2D eigenvalue weighted by Gasteiger charge is -2.25. The smallest absolute Gasteiger partial charge is 0.243 e. The first kappa shape index (κ1) is 36.3. The standard InChI is InChI=1S/C42H51N3O6/c1-41(2,3)25-29(46)19-27-15-9-6-5-7-12-16-28-24-42(28,40(43)49)45-39(48)34-21-31(20-33(34)38(27)47)51-37-23-35(26-13-10-8-11-14-26)44-36-22-30(50-4)17-18-32(36)37/h8,10-14,16-18,22-23,27-28,31,33-34H,5-7,9,15,19-21,24-25H2,1-4H3,(H2,43,49)(H,45,48)/b16-12-/t27-,28-,31+,33?,34-,42-/m1/s1. The van der Waals surface area contributed by atoms with Gasteiger partial charge in [0, 0.05) is 53.7 Å². The number of primary amides is 1. The van der Waals surface area contributed by atoms with E-state index in [2.05, 4.69) is 11.4 Å². The molecule has 2 saturated carbocycles. The fourth-order valence-electron chi connectivity index (χ4n) is 8.03. The molecule has 2 heterocycles. The molecule has 2 aliphatic carbocycles. The van der Waals surface area contributed by atoms with E-state index in [0.29, 0.717) is 42.7 Å². The number of amides is 2. The fraction of sp³-hybridized carbons (Fsp3) is 0.500. The average molecular weight is 694 g/mol. The minimum Gasteiger partial charge on any atom is -0.497 e. The number of nitrogens with one attached hydrogen (secondary N) is 1. The number of methoxy groups -OCH3 is 1. The summed E-state index contributed by atoms with van der Waals surface area (Å²) in [5, 5.41) is 3.79. The lowest BCUT2D eigenvalue weighted by molar-refractivity contribution is -0.137. The van der Waals surface area contributed by atoms with Crippen LogP contribution in [0.5, 0.6) is 11.5 Å². The van der Waals surface area contributed by atoms with E-state index in [9.17, 15) is 19.2 Å². The molecule has 9 heteroatoms. The van der Waals surface area contributed by atoms with E-state index in [-0.39, 0.29) is 41.6 Å². The van der Waals surface area contributed by atoms with Crippen LogP contribution in [0.4, 0.5) is 0 Å². The minimum atomic E-state index is -1.16. The molecular formula is C42H51N3O6. The molecule has 2 aromatic carbocycles. The Morgan fingerprint density at radius 2 is 1.76 bits per heavy atom. The number of Topliss-reactive ketones (excluding diaryl/α,β-unsaturated/α-hetero) is 2. The third-order valence-electron chi connectivity index (χ3n) is 10.8. The van der Waals surface area contributed by atoms with Gasteiger partial charge in [-0.05, 0) is 56.1 Å². The summed E-state index contributed by atoms with van der Waals surface area (Å²) in [5.74, 6) is -1.75. The maximum absolute atomic E-state index is 14.6. The molecule has 0 spiro atoms. The van der Waals surface area contributed by atoms with Crippen molar-refractivity contribution in [1.82, 2.24) is 10.3 Å². The number of ketones is 2. The largest absolute Gasteiger partial charge is 0.497 e. The number of carbonyl (C=O) groups excluding carboxylic acids is 4. The van der Waals surface area contributed by atoms with Gasteiger partial charge in [-0.25, -0.2) is 4.98 Å². The van der Waals surface area contributed by atoms with Gasteiger partial charge in [0.2, 0.25) is 11.8 Å². The summed E-state index contributed by atoms with van der Waals surface area (Å²) in [4.78, 5) is 59.8.